The Balaban J connectivity index is 1.35. The number of alkyl halides is 3. The largest absolute Gasteiger partial charge is 0.439 e. The molecule has 0 bridgehead atoms. The van der Waals surface area contributed by atoms with E-state index in [0.717, 1.165) is 25.2 Å². The number of carbonyl (C=O) groups is 2. The lowest BCUT2D eigenvalue weighted by atomic mass is 10.2. The maximum absolute atomic E-state index is 13.0. The van der Waals surface area contributed by atoms with Crippen LogP contribution in [0.1, 0.15) is 15.9 Å². The highest BCUT2D eigenvalue weighted by Gasteiger charge is 2.33. The minimum Gasteiger partial charge on any atom is -0.439 e. The number of halogens is 4. The molecular formula is C25H23ClF3N5O3. The van der Waals surface area contributed by atoms with E-state index in [1.165, 1.54) is 12.3 Å². The zero-order valence-corrected chi connectivity index (χ0v) is 20.4. The first kappa shape index (κ1) is 26.2. The highest BCUT2D eigenvalue weighted by molar-refractivity contribution is 6.31. The number of piperazine rings is 1. The average molecular weight is 534 g/mol. The van der Waals surface area contributed by atoms with E-state index in [2.05, 4.69) is 20.5 Å². The average Bonchev–Trinajstić information content (AvgIpc) is 2.86. The van der Waals surface area contributed by atoms with Crippen molar-refractivity contribution in [2.45, 2.75) is 6.18 Å². The van der Waals surface area contributed by atoms with Crippen molar-refractivity contribution in [1.82, 2.24) is 14.8 Å². The SMILES string of the molecule is CN1CCN(C(=O)c2ccnc(Oc3ccc(NC(=O)Nc4ccc(Cl)c(C(F)(F)F)c4)cc3)c2)CC1. The van der Waals surface area contributed by atoms with Gasteiger partial charge in [0.15, 0.2) is 0 Å². The van der Waals surface area contributed by atoms with Gasteiger partial charge in [0, 0.05) is 55.4 Å². The van der Waals surface area contributed by atoms with E-state index in [9.17, 15) is 22.8 Å². The molecule has 3 amide bonds. The highest BCUT2D eigenvalue weighted by atomic mass is 35.5. The van der Waals surface area contributed by atoms with Gasteiger partial charge in [-0.2, -0.15) is 13.2 Å². The number of pyridine rings is 1. The van der Waals surface area contributed by atoms with Gasteiger partial charge in [0.2, 0.25) is 5.88 Å². The summed E-state index contributed by atoms with van der Waals surface area (Å²) in [6.45, 7) is 2.93. The van der Waals surface area contributed by atoms with Crippen molar-refractivity contribution in [1.29, 1.82) is 0 Å². The van der Waals surface area contributed by atoms with Crippen LogP contribution in [-0.2, 0) is 6.18 Å². The number of likely N-dealkylation sites (N-methyl/N-ethyl adjacent to an activating group) is 1. The summed E-state index contributed by atoms with van der Waals surface area (Å²) in [6, 6.07) is 11.8. The number of ether oxygens (including phenoxy) is 1. The molecule has 194 valence electrons. The number of hydrogen-bond acceptors (Lipinski definition) is 5. The van der Waals surface area contributed by atoms with Crippen molar-refractivity contribution in [2.75, 3.05) is 43.9 Å². The van der Waals surface area contributed by atoms with E-state index in [1.54, 1.807) is 41.3 Å². The van der Waals surface area contributed by atoms with Gasteiger partial charge in [-0.15, -0.1) is 0 Å². The van der Waals surface area contributed by atoms with Crippen LogP contribution in [0.25, 0.3) is 0 Å². The minimum atomic E-state index is -4.65. The number of aromatic nitrogens is 1. The zero-order valence-electron chi connectivity index (χ0n) is 19.7. The van der Waals surface area contributed by atoms with Gasteiger partial charge in [-0.25, -0.2) is 9.78 Å². The lowest BCUT2D eigenvalue weighted by Gasteiger charge is -2.32. The van der Waals surface area contributed by atoms with Crippen molar-refractivity contribution in [3.63, 3.8) is 0 Å². The first-order valence-electron chi connectivity index (χ1n) is 11.2. The summed E-state index contributed by atoms with van der Waals surface area (Å²) in [5.74, 6) is 0.561. The number of carbonyl (C=O) groups excluding carboxylic acids is 2. The summed E-state index contributed by atoms with van der Waals surface area (Å²) in [5.41, 5.74) is -0.259. The quantitative estimate of drug-likeness (QED) is 0.447. The molecule has 4 rings (SSSR count). The van der Waals surface area contributed by atoms with Gasteiger partial charge in [0.05, 0.1) is 10.6 Å². The molecule has 0 saturated carbocycles. The summed E-state index contributed by atoms with van der Waals surface area (Å²) in [6.07, 6.45) is -3.15. The molecule has 0 radical (unpaired) electrons. The minimum absolute atomic E-state index is 0.0637. The molecule has 1 fully saturated rings. The Bertz CT molecular complexity index is 1280. The third-order valence-corrected chi connectivity index (χ3v) is 5.97. The van der Waals surface area contributed by atoms with E-state index in [1.807, 2.05) is 7.05 Å². The highest BCUT2D eigenvalue weighted by Crippen LogP contribution is 2.36. The van der Waals surface area contributed by atoms with E-state index in [-0.39, 0.29) is 17.5 Å². The molecule has 2 aromatic carbocycles. The van der Waals surface area contributed by atoms with Gasteiger partial charge in [-0.1, -0.05) is 11.6 Å². The molecule has 0 spiro atoms. The number of nitrogens with one attached hydrogen (secondary N) is 2. The van der Waals surface area contributed by atoms with Crippen LogP contribution < -0.4 is 15.4 Å². The van der Waals surface area contributed by atoms with Gasteiger partial charge in [0.1, 0.15) is 5.75 Å². The lowest BCUT2D eigenvalue weighted by Crippen LogP contribution is -2.47. The molecule has 1 aromatic heterocycles. The molecule has 3 aromatic rings. The van der Waals surface area contributed by atoms with E-state index >= 15 is 0 Å². The molecule has 1 saturated heterocycles. The standard InChI is InChI=1S/C25H23ClF3N5O3/c1-33-10-12-34(13-11-33)23(35)16-8-9-30-22(14-16)37-19-5-2-17(3-6-19)31-24(36)32-18-4-7-21(26)20(15-18)25(27,28)29/h2-9,14-15H,10-13H2,1H3,(H2,31,32,36). The molecule has 0 atom stereocenters. The molecule has 0 aliphatic carbocycles. The summed E-state index contributed by atoms with van der Waals surface area (Å²) in [7, 11) is 2.01. The van der Waals surface area contributed by atoms with E-state index in [0.29, 0.717) is 30.1 Å². The fourth-order valence-electron chi connectivity index (χ4n) is 3.63. The molecule has 1 aliphatic rings. The zero-order chi connectivity index (χ0) is 26.6. The Labute approximate surface area is 216 Å². The van der Waals surface area contributed by atoms with Crippen molar-refractivity contribution < 1.29 is 27.5 Å². The van der Waals surface area contributed by atoms with Gasteiger partial charge >= 0.3 is 12.2 Å². The van der Waals surface area contributed by atoms with E-state index in [4.69, 9.17) is 16.3 Å². The number of rotatable bonds is 5. The summed E-state index contributed by atoms with van der Waals surface area (Å²) in [5, 5.41) is 4.41. The number of hydrogen-bond donors (Lipinski definition) is 2. The summed E-state index contributed by atoms with van der Waals surface area (Å²) in [4.78, 5) is 33.1. The van der Waals surface area contributed by atoms with Crippen LogP contribution in [0.4, 0.5) is 29.3 Å². The van der Waals surface area contributed by atoms with Crippen LogP contribution in [0.15, 0.2) is 60.8 Å². The number of urea groups is 1. The molecule has 2 N–H and O–H groups in total. The normalized spacial score (nSPS) is 14.2. The third kappa shape index (κ3) is 6.89. The summed E-state index contributed by atoms with van der Waals surface area (Å²) >= 11 is 5.60. The van der Waals surface area contributed by atoms with Crippen molar-refractivity contribution in [3.05, 3.63) is 76.9 Å². The maximum atomic E-state index is 13.0. The predicted molar refractivity (Wildman–Crippen MR) is 133 cm³/mol. The molecule has 2 heterocycles. The van der Waals surface area contributed by atoms with E-state index < -0.39 is 22.8 Å². The van der Waals surface area contributed by atoms with Gasteiger partial charge < -0.3 is 25.2 Å². The lowest BCUT2D eigenvalue weighted by molar-refractivity contribution is -0.137. The monoisotopic (exact) mass is 533 g/mol. The Morgan fingerprint density at radius 1 is 0.946 bits per heavy atom. The van der Waals surface area contributed by atoms with Crippen LogP contribution in [-0.4, -0.2) is 59.9 Å². The number of amides is 3. The molecule has 37 heavy (non-hydrogen) atoms. The first-order chi connectivity index (χ1) is 17.6. The number of anilines is 2. The second-order valence-electron chi connectivity index (χ2n) is 8.38. The van der Waals surface area contributed by atoms with Crippen molar-refractivity contribution in [3.8, 4) is 11.6 Å². The van der Waals surface area contributed by atoms with Crippen LogP contribution in [0.3, 0.4) is 0 Å². The van der Waals surface area contributed by atoms with Crippen molar-refractivity contribution in [2.24, 2.45) is 0 Å². The van der Waals surface area contributed by atoms with Crippen molar-refractivity contribution >= 4 is 34.9 Å². The molecule has 0 unspecified atom stereocenters. The van der Waals surface area contributed by atoms with Gasteiger partial charge in [-0.05, 0) is 55.6 Å². The Morgan fingerprint density at radius 2 is 1.59 bits per heavy atom. The van der Waals surface area contributed by atoms with Gasteiger partial charge in [0.25, 0.3) is 5.91 Å². The predicted octanol–water partition coefficient (Wildman–Crippen LogP) is 5.58. The third-order valence-electron chi connectivity index (χ3n) is 5.64. The van der Waals surface area contributed by atoms with Crippen LogP contribution in [0, 0.1) is 0 Å². The number of benzene rings is 2. The maximum Gasteiger partial charge on any atom is 0.417 e. The Morgan fingerprint density at radius 3 is 2.27 bits per heavy atom. The smallest absolute Gasteiger partial charge is 0.417 e. The first-order valence-corrected chi connectivity index (χ1v) is 11.6. The summed E-state index contributed by atoms with van der Waals surface area (Å²) < 4.78 is 44.8. The van der Waals surface area contributed by atoms with Crippen LogP contribution >= 0.6 is 11.6 Å². The molecular weight excluding hydrogens is 511 g/mol. The Hall–Kier alpha value is -3.83. The second-order valence-corrected chi connectivity index (χ2v) is 8.78. The fraction of sp³-hybridized carbons (Fsp3) is 0.240. The second kappa shape index (κ2) is 11.1. The molecule has 8 nitrogen and oxygen atoms in total. The number of nitrogens with zero attached hydrogens (tertiary/aromatic N) is 3. The molecule has 1 aliphatic heterocycles. The molecule has 12 heteroatoms. The van der Waals surface area contributed by atoms with Gasteiger partial charge in [-0.3, -0.25) is 4.79 Å². The fourth-order valence-corrected chi connectivity index (χ4v) is 3.86. The topological polar surface area (TPSA) is 86.8 Å². The van der Waals surface area contributed by atoms with Crippen LogP contribution in [0.5, 0.6) is 11.6 Å². The van der Waals surface area contributed by atoms with Crippen LogP contribution in [0.2, 0.25) is 5.02 Å². The Kier molecular flexibility index (Phi) is 7.84.